The van der Waals surface area contributed by atoms with Crippen LogP contribution in [0.2, 0.25) is 0 Å². The van der Waals surface area contributed by atoms with Crippen LogP contribution < -0.4 is 15.7 Å². The highest BCUT2D eigenvalue weighted by Crippen LogP contribution is 2.40. The molecule has 1 fully saturated rings. The zero-order valence-corrected chi connectivity index (χ0v) is 9.72. The van der Waals surface area contributed by atoms with Gasteiger partial charge in [-0.05, 0) is 18.6 Å². The van der Waals surface area contributed by atoms with Crippen molar-refractivity contribution in [2.45, 2.75) is 37.4 Å². The van der Waals surface area contributed by atoms with E-state index >= 15 is 0 Å². The van der Waals surface area contributed by atoms with Gasteiger partial charge in [0.15, 0.2) is 0 Å². The van der Waals surface area contributed by atoms with Crippen molar-refractivity contribution in [3.05, 3.63) is 29.8 Å². The summed E-state index contributed by atoms with van der Waals surface area (Å²) in [5.74, 6) is -0.645. The van der Waals surface area contributed by atoms with E-state index in [-0.39, 0.29) is 6.04 Å². The highest BCUT2D eigenvalue weighted by Gasteiger charge is 2.44. The highest BCUT2D eigenvalue weighted by atomic mass is 16.4. The number of piperidine rings is 1. The molecule has 2 heterocycles. The molecule has 3 N–H and O–H groups in total. The van der Waals surface area contributed by atoms with Crippen LogP contribution in [-0.2, 0) is 4.79 Å². The molecule has 2 aliphatic rings. The van der Waals surface area contributed by atoms with Gasteiger partial charge in [0.05, 0.1) is 12.0 Å². The van der Waals surface area contributed by atoms with Crippen LogP contribution in [0.4, 0.5) is 5.69 Å². The summed E-state index contributed by atoms with van der Waals surface area (Å²) >= 11 is 0. The Morgan fingerprint density at radius 1 is 1.47 bits per heavy atom. The number of quaternary nitrogens is 1. The molecule has 1 saturated heterocycles. The van der Waals surface area contributed by atoms with Gasteiger partial charge in [-0.3, -0.25) is 0 Å². The lowest BCUT2D eigenvalue weighted by atomic mass is 9.82. The highest BCUT2D eigenvalue weighted by molar-refractivity contribution is 5.70. The van der Waals surface area contributed by atoms with Crippen molar-refractivity contribution < 1.29 is 15.2 Å². The Bertz CT molecular complexity index is 460. The molecule has 4 nitrogen and oxygen atoms in total. The molecule has 1 aromatic rings. The fourth-order valence-corrected chi connectivity index (χ4v) is 3.21. The summed E-state index contributed by atoms with van der Waals surface area (Å²) in [6, 6.07) is 8.35. The first-order chi connectivity index (χ1) is 8.16. The number of hydrogen-bond acceptors (Lipinski definition) is 3. The van der Waals surface area contributed by atoms with E-state index in [2.05, 4.69) is 24.4 Å². The van der Waals surface area contributed by atoms with E-state index in [1.54, 1.807) is 0 Å². The summed E-state index contributed by atoms with van der Waals surface area (Å²) < 4.78 is 0. The van der Waals surface area contributed by atoms with Gasteiger partial charge in [-0.1, -0.05) is 18.2 Å². The van der Waals surface area contributed by atoms with Gasteiger partial charge in [-0.25, -0.2) is 0 Å². The number of carboxylic acids is 1. The van der Waals surface area contributed by atoms with Gasteiger partial charge in [0.1, 0.15) is 12.1 Å². The monoisotopic (exact) mass is 232 g/mol. The van der Waals surface area contributed by atoms with E-state index in [4.69, 9.17) is 0 Å². The second-order valence-corrected chi connectivity index (χ2v) is 5.08. The van der Waals surface area contributed by atoms with Crippen molar-refractivity contribution in [2.24, 2.45) is 0 Å². The van der Waals surface area contributed by atoms with Crippen LogP contribution in [0, 0.1) is 0 Å². The maximum absolute atomic E-state index is 11.0. The number of fused-ring (bicyclic) bond motifs is 3. The van der Waals surface area contributed by atoms with E-state index in [9.17, 15) is 9.90 Å². The number of aliphatic carboxylic acids is 1. The minimum Gasteiger partial charge on any atom is -0.544 e. The number of carbonyl (C=O) groups is 1. The molecule has 0 unspecified atom stereocenters. The van der Waals surface area contributed by atoms with Crippen molar-refractivity contribution >= 4 is 11.7 Å². The molecule has 0 bridgehead atoms. The molecule has 90 valence electrons. The largest absolute Gasteiger partial charge is 0.544 e. The lowest BCUT2D eigenvalue weighted by Gasteiger charge is -2.35. The molecule has 4 atom stereocenters. The van der Waals surface area contributed by atoms with Crippen molar-refractivity contribution in [1.29, 1.82) is 0 Å². The Morgan fingerprint density at radius 3 is 3.00 bits per heavy atom. The lowest BCUT2D eigenvalue weighted by molar-refractivity contribution is -0.722. The van der Waals surface area contributed by atoms with Crippen LogP contribution in [0.15, 0.2) is 24.3 Å². The molecule has 0 saturated carbocycles. The smallest absolute Gasteiger partial charge is 0.127 e. The van der Waals surface area contributed by atoms with E-state index in [0.717, 1.165) is 5.69 Å². The van der Waals surface area contributed by atoms with Crippen molar-refractivity contribution in [3.8, 4) is 0 Å². The summed E-state index contributed by atoms with van der Waals surface area (Å²) in [7, 11) is 0. The molecule has 17 heavy (non-hydrogen) atoms. The maximum atomic E-state index is 11.0. The van der Waals surface area contributed by atoms with Crippen molar-refractivity contribution in [3.63, 3.8) is 0 Å². The number of carboxylic acid groups (broad SMARTS) is 1. The number of anilines is 1. The number of nitrogens with one attached hydrogen (secondary N) is 1. The molecule has 0 aliphatic carbocycles. The Morgan fingerprint density at radius 2 is 2.24 bits per heavy atom. The van der Waals surface area contributed by atoms with Gasteiger partial charge in [0.2, 0.25) is 0 Å². The number of hydrogen-bond donors (Lipinski definition) is 2. The topological polar surface area (TPSA) is 68.8 Å². The predicted molar refractivity (Wildman–Crippen MR) is 61.4 cm³/mol. The zero-order chi connectivity index (χ0) is 12.0. The molecule has 0 amide bonds. The molecule has 0 spiro atoms. The van der Waals surface area contributed by atoms with Gasteiger partial charge in [0.25, 0.3) is 0 Å². The van der Waals surface area contributed by atoms with Crippen molar-refractivity contribution in [2.75, 3.05) is 5.32 Å². The quantitative estimate of drug-likeness (QED) is 0.655. The van der Waals surface area contributed by atoms with Gasteiger partial charge in [-0.15, -0.1) is 0 Å². The average Bonchev–Trinajstić information content (AvgIpc) is 2.68. The summed E-state index contributed by atoms with van der Waals surface area (Å²) in [5.41, 5.74) is 2.41. The first kappa shape index (κ1) is 10.6. The van der Waals surface area contributed by atoms with E-state index in [1.807, 2.05) is 17.4 Å². The third-order valence-corrected chi connectivity index (χ3v) is 4.03. The molecule has 3 rings (SSSR count). The van der Waals surface area contributed by atoms with Gasteiger partial charge >= 0.3 is 0 Å². The fourth-order valence-electron chi connectivity index (χ4n) is 3.21. The SMILES string of the molecule is C[C@@H]1[NH2+][C@H](C(=O)[O-])C[C@H]2c3ccccc3N[C@@H]12. The maximum Gasteiger partial charge on any atom is 0.127 e. The van der Waals surface area contributed by atoms with Crippen LogP contribution in [0.3, 0.4) is 0 Å². The minimum absolute atomic E-state index is 0.254. The van der Waals surface area contributed by atoms with E-state index < -0.39 is 12.0 Å². The van der Waals surface area contributed by atoms with Gasteiger partial charge in [-0.2, -0.15) is 0 Å². The number of rotatable bonds is 1. The van der Waals surface area contributed by atoms with Crippen LogP contribution in [0.5, 0.6) is 0 Å². The first-order valence-electron chi connectivity index (χ1n) is 6.08. The second kappa shape index (κ2) is 3.74. The first-order valence-corrected chi connectivity index (χ1v) is 6.08. The summed E-state index contributed by atoms with van der Waals surface area (Å²) in [4.78, 5) is 11.0. The van der Waals surface area contributed by atoms with E-state index in [1.165, 1.54) is 5.56 Å². The zero-order valence-electron chi connectivity index (χ0n) is 9.72. The Labute approximate surface area is 100 Å². The molecular weight excluding hydrogens is 216 g/mol. The summed E-state index contributed by atoms with van der Waals surface area (Å²) in [6.45, 7) is 2.08. The number of benzene rings is 1. The Kier molecular flexibility index (Phi) is 2.33. The van der Waals surface area contributed by atoms with Crippen LogP contribution in [0.1, 0.15) is 24.8 Å². The predicted octanol–water partition coefficient (Wildman–Crippen LogP) is -0.962. The summed E-state index contributed by atoms with van der Waals surface area (Å²) in [5, 5.41) is 16.5. The third kappa shape index (κ3) is 1.60. The molecular formula is C13H16N2O2. The van der Waals surface area contributed by atoms with E-state index in [0.29, 0.717) is 18.4 Å². The van der Waals surface area contributed by atoms with Crippen LogP contribution in [-0.4, -0.2) is 24.1 Å². The fraction of sp³-hybridized carbons (Fsp3) is 0.462. The number of carbonyl (C=O) groups excluding carboxylic acids is 1. The third-order valence-electron chi connectivity index (χ3n) is 4.03. The molecule has 0 radical (unpaired) electrons. The lowest BCUT2D eigenvalue weighted by Crippen LogP contribution is -3.01. The van der Waals surface area contributed by atoms with Gasteiger partial charge < -0.3 is 20.5 Å². The molecule has 0 aromatic heterocycles. The van der Waals surface area contributed by atoms with Crippen LogP contribution >= 0.6 is 0 Å². The normalized spacial score (nSPS) is 34.6. The Balaban J connectivity index is 1.94. The number of nitrogens with two attached hydrogens (primary N) is 1. The second-order valence-electron chi connectivity index (χ2n) is 5.08. The molecule has 1 aromatic carbocycles. The Hall–Kier alpha value is -1.55. The number of para-hydroxylation sites is 1. The molecule has 2 aliphatic heterocycles. The van der Waals surface area contributed by atoms with Crippen LogP contribution in [0.25, 0.3) is 0 Å². The summed E-state index contributed by atoms with van der Waals surface area (Å²) in [6.07, 6.45) is 0.654. The standard InChI is InChI=1S/C13H16N2O2/c1-7-12-9(6-11(14-7)13(16)17)8-4-2-3-5-10(8)15-12/h2-5,7,9,11-12,14-15H,6H2,1H3,(H,16,17)/t7-,9-,11-,12-/m0/s1. The molecule has 4 heteroatoms. The average molecular weight is 232 g/mol. The van der Waals surface area contributed by atoms with Crippen molar-refractivity contribution in [1.82, 2.24) is 0 Å². The van der Waals surface area contributed by atoms with Gasteiger partial charge in [0, 0.05) is 18.0 Å². The minimum atomic E-state index is -0.945.